The lowest BCUT2D eigenvalue weighted by Gasteiger charge is -2.37. The zero-order valence-corrected chi connectivity index (χ0v) is 31.1. The van der Waals surface area contributed by atoms with Crippen molar-refractivity contribution in [2.75, 3.05) is 22.6 Å². The molecule has 3 aliphatic rings. The number of nitrogens with zero attached hydrogens (tertiary/aromatic N) is 2. The largest absolute Gasteiger partial charge is 0.399 e. The molecule has 0 saturated carbocycles. The van der Waals surface area contributed by atoms with Crippen LogP contribution in [0.4, 0.5) is 21.2 Å². The molecule has 5 atom stereocenters. The number of nitrogens with two attached hydrogens (primary N) is 1. The number of aliphatic hydroxyl groups excluding tert-OH is 1. The van der Waals surface area contributed by atoms with Gasteiger partial charge in [-0.3, -0.25) is 14.4 Å². The first-order chi connectivity index (χ1) is 24.8. The van der Waals surface area contributed by atoms with E-state index in [1.807, 2.05) is 37.3 Å². The van der Waals surface area contributed by atoms with Gasteiger partial charge in [0, 0.05) is 45.5 Å². The minimum atomic E-state index is -3.55. The number of aliphatic hydroxyl groups is 1. The molecule has 0 aliphatic carbocycles. The molecule has 3 aliphatic heterocycles. The van der Waals surface area contributed by atoms with Gasteiger partial charge in [0.25, 0.3) is 11.8 Å². The number of amides is 3. The summed E-state index contributed by atoms with van der Waals surface area (Å²) in [4.78, 5) is 45.2. The Balaban J connectivity index is 1.18. The van der Waals surface area contributed by atoms with Crippen molar-refractivity contribution in [1.29, 1.82) is 0 Å². The van der Waals surface area contributed by atoms with Crippen molar-refractivity contribution in [1.82, 2.24) is 4.90 Å². The molecule has 0 aromatic heterocycles. The van der Waals surface area contributed by atoms with Gasteiger partial charge in [-0.1, -0.05) is 54.9 Å². The lowest BCUT2D eigenvalue weighted by atomic mass is 9.82. The normalized spacial score (nSPS) is 23.8. The van der Waals surface area contributed by atoms with Crippen LogP contribution >= 0.6 is 11.6 Å². The quantitative estimate of drug-likeness (QED) is 0.103. The molecule has 0 radical (unpaired) electrons. The van der Waals surface area contributed by atoms with Crippen LogP contribution in [-0.2, 0) is 39.4 Å². The molecule has 0 unspecified atom stereocenters. The fourth-order valence-electron chi connectivity index (χ4n) is 8.48. The van der Waals surface area contributed by atoms with Crippen LogP contribution in [0, 0.1) is 5.92 Å². The summed E-state index contributed by atoms with van der Waals surface area (Å²) in [6, 6.07) is 26.5. The van der Waals surface area contributed by atoms with Gasteiger partial charge in [-0.15, -0.1) is 0 Å². The number of ether oxygens (including phenoxy) is 1. The summed E-state index contributed by atoms with van der Waals surface area (Å²) >= 11 is 6.56. The first-order valence-electron chi connectivity index (χ1n) is 17.5. The molecular formula is C40H42ClFN4O5Si. The highest BCUT2D eigenvalue weighted by atomic mass is 35.5. The van der Waals surface area contributed by atoms with Crippen molar-refractivity contribution in [3.8, 4) is 0 Å². The van der Waals surface area contributed by atoms with Gasteiger partial charge in [0.1, 0.15) is 0 Å². The SMILES string of the molecule is C[C@@H]1[C@@H]([Si](C)(C)F)[C@H](CC(=O)N2Cc3ccccc3C[C@H]2CO)O[C@@]12C(=O)N(Cc1cccc(NC(=O)c3ccc(N)cc3)c1)c1ccc(Cl)cc12. The van der Waals surface area contributed by atoms with E-state index < -0.39 is 37.6 Å². The van der Waals surface area contributed by atoms with Crippen molar-refractivity contribution in [3.63, 3.8) is 0 Å². The number of nitrogen functional groups attached to an aromatic ring is 1. The van der Waals surface area contributed by atoms with Crippen LogP contribution in [0.15, 0.2) is 91.0 Å². The number of nitrogens with one attached hydrogen (secondary N) is 1. The van der Waals surface area contributed by atoms with Crippen molar-refractivity contribution < 1.29 is 28.3 Å². The number of carbonyl (C=O) groups is 3. The summed E-state index contributed by atoms with van der Waals surface area (Å²) in [5.74, 6) is -1.53. The number of fused-ring (bicyclic) bond motifs is 3. The summed E-state index contributed by atoms with van der Waals surface area (Å²) < 4.78 is 23.3. The monoisotopic (exact) mass is 740 g/mol. The van der Waals surface area contributed by atoms with Crippen LogP contribution in [0.2, 0.25) is 23.7 Å². The Labute approximate surface area is 308 Å². The predicted molar refractivity (Wildman–Crippen MR) is 202 cm³/mol. The molecule has 3 heterocycles. The number of hydrogen-bond donors (Lipinski definition) is 3. The van der Waals surface area contributed by atoms with Gasteiger partial charge in [-0.2, -0.15) is 0 Å². The Kier molecular flexibility index (Phi) is 9.49. The highest BCUT2D eigenvalue weighted by Crippen LogP contribution is 2.60. The molecule has 4 aromatic carbocycles. The maximum Gasteiger partial charge on any atom is 0.264 e. The number of anilines is 3. The zero-order chi connectivity index (χ0) is 36.9. The van der Waals surface area contributed by atoms with Crippen LogP contribution in [0.25, 0.3) is 0 Å². The second-order valence-electron chi connectivity index (χ2n) is 14.6. The molecule has 12 heteroatoms. The Morgan fingerprint density at radius 3 is 2.48 bits per heavy atom. The lowest BCUT2D eigenvalue weighted by Crippen LogP contribution is -2.48. The zero-order valence-electron chi connectivity index (χ0n) is 29.3. The number of benzene rings is 4. The van der Waals surface area contributed by atoms with Crippen LogP contribution in [-0.4, -0.2) is 54.9 Å². The molecule has 4 aromatic rings. The summed E-state index contributed by atoms with van der Waals surface area (Å²) in [6.07, 6.45) is -0.495. The van der Waals surface area contributed by atoms with Gasteiger partial charge in [-0.25, -0.2) is 0 Å². The molecule has 52 heavy (non-hydrogen) atoms. The van der Waals surface area contributed by atoms with E-state index in [0.29, 0.717) is 46.2 Å². The Bertz CT molecular complexity index is 2040. The number of halogens is 2. The van der Waals surface area contributed by atoms with Gasteiger partial charge in [-0.05, 0) is 90.8 Å². The first kappa shape index (κ1) is 35.8. The summed E-state index contributed by atoms with van der Waals surface area (Å²) in [6.45, 7) is 5.32. The molecule has 1 spiro atoms. The standard InChI is InChI=1S/C40H42ClFN4O5Si/c1-24-37(52(2,3)42)35(20-36(48)45-22-28-9-5-4-8-27(28)18-32(45)23-47)51-40(24)33-19-29(41)13-16-34(33)46(39(40)50)21-25-7-6-10-31(17-25)44-38(49)26-11-14-30(43)15-12-26/h4-17,19,24,32,35,37,47H,18,20-23,43H2,1-3H3,(H,44,49)/t24-,32+,35+,37-,40+/m1/s1. The number of hydrogen-bond acceptors (Lipinski definition) is 6. The molecule has 3 amide bonds. The predicted octanol–water partition coefficient (Wildman–Crippen LogP) is 6.83. The first-order valence-corrected chi connectivity index (χ1v) is 20.8. The van der Waals surface area contributed by atoms with E-state index in [0.717, 1.165) is 16.7 Å². The maximum atomic E-state index is 16.5. The molecular weight excluding hydrogens is 699 g/mol. The Hall–Kier alpha value is -4.55. The van der Waals surface area contributed by atoms with Gasteiger partial charge in [0.2, 0.25) is 14.3 Å². The molecule has 4 N–H and O–H groups in total. The molecule has 1 fully saturated rings. The van der Waals surface area contributed by atoms with Crippen molar-refractivity contribution >= 4 is 54.8 Å². The second kappa shape index (κ2) is 13.8. The van der Waals surface area contributed by atoms with Crippen molar-refractivity contribution in [3.05, 3.63) is 124 Å². The van der Waals surface area contributed by atoms with E-state index in [-0.39, 0.29) is 37.3 Å². The number of rotatable bonds is 8. The molecule has 0 bridgehead atoms. The van der Waals surface area contributed by atoms with E-state index in [4.69, 9.17) is 22.1 Å². The third-order valence-electron chi connectivity index (χ3n) is 10.9. The van der Waals surface area contributed by atoms with Gasteiger partial charge >= 0.3 is 0 Å². The third kappa shape index (κ3) is 6.40. The average molecular weight is 741 g/mol. The molecule has 9 nitrogen and oxygen atoms in total. The van der Waals surface area contributed by atoms with Gasteiger partial charge in [0.05, 0.1) is 37.4 Å². The van der Waals surface area contributed by atoms with Gasteiger partial charge < -0.3 is 34.8 Å². The van der Waals surface area contributed by atoms with E-state index in [1.165, 1.54) is 0 Å². The second-order valence-corrected chi connectivity index (χ2v) is 18.9. The topological polar surface area (TPSA) is 125 Å². The minimum absolute atomic E-state index is 0.130. The van der Waals surface area contributed by atoms with Crippen LogP contribution in [0.3, 0.4) is 0 Å². The average Bonchev–Trinajstić information content (AvgIpc) is 3.53. The van der Waals surface area contributed by atoms with Crippen LogP contribution in [0.1, 0.15) is 46.0 Å². The van der Waals surface area contributed by atoms with Crippen molar-refractivity contribution in [2.45, 2.75) is 69.2 Å². The third-order valence-corrected chi connectivity index (χ3v) is 13.6. The van der Waals surface area contributed by atoms with E-state index >= 15 is 4.11 Å². The maximum absolute atomic E-state index is 16.5. The minimum Gasteiger partial charge on any atom is -0.399 e. The van der Waals surface area contributed by atoms with E-state index in [9.17, 15) is 19.5 Å². The lowest BCUT2D eigenvalue weighted by molar-refractivity contribution is -0.151. The Morgan fingerprint density at radius 2 is 1.77 bits per heavy atom. The van der Waals surface area contributed by atoms with E-state index in [2.05, 4.69) is 5.32 Å². The summed E-state index contributed by atoms with van der Waals surface area (Å²) in [5.41, 5.74) is 9.05. The fourth-order valence-corrected chi connectivity index (χ4v) is 11.1. The van der Waals surface area contributed by atoms with Gasteiger partial charge in [0.15, 0.2) is 5.60 Å². The van der Waals surface area contributed by atoms with E-state index in [1.54, 1.807) is 83.6 Å². The highest BCUT2D eigenvalue weighted by molar-refractivity contribution is 6.72. The molecule has 7 rings (SSSR count). The van der Waals surface area contributed by atoms with Crippen LogP contribution < -0.4 is 16.0 Å². The Morgan fingerprint density at radius 1 is 1.04 bits per heavy atom. The summed E-state index contributed by atoms with van der Waals surface area (Å²) in [5, 5.41) is 13.6. The fraction of sp³-hybridized carbons (Fsp3) is 0.325. The number of carbonyl (C=O) groups excluding carboxylic acids is 3. The van der Waals surface area contributed by atoms with Crippen molar-refractivity contribution in [2.24, 2.45) is 5.92 Å². The smallest absolute Gasteiger partial charge is 0.264 e. The summed E-state index contributed by atoms with van der Waals surface area (Å²) in [7, 11) is -3.55. The van der Waals surface area contributed by atoms with Crippen LogP contribution in [0.5, 0.6) is 0 Å². The molecule has 1 saturated heterocycles. The molecule has 270 valence electrons. The highest BCUT2D eigenvalue weighted by Gasteiger charge is 2.67.